The highest BCUT2D eigenvalue weighted by molar-refractivity contribution is 5.92. The van der Waals surface area contributed by atoms with E-state index in [1.54, 1.807) is 12.1 Å². The fourth-order valence-electron chi connectivity index (χ4n) is 2.78. The first kappa shape index (κ1) is 18.3. The zero-order chi connectivity index (χ0) is 18.6. The molecule has 0 spiro atoms. The topological polar surface area (TPSA) is 84.8 Å². The third-order valence-electron chi connectivity index (χ3n) is 4.26. The van der Waals surface area contributed by atoms with Gasteiger partial charge >= 0.3 is 0 Å². The Morgan fingerprint density at radius 1 is 1.27 bits per heavy atom. The number of benzene rings is 1. The Balaban J connectivity index is 1.70. The van der Waals surface area contributed by atoms with Crippen LogP contribution in [0.2, 0.25) is 0 Å². The van der Waals surface area contributed by atoms with Crippen LogP contribution in [0.1, 0.15) is 21.7 Å². The van der Waals surface area contributed by atoms with E-state index in [0.717, 1.165) is 11.3 Å². The molecule has 0 bridgehead atoms. The van der Waals surface area contributed by atoms with Crippen LogP contribution in [0.3, 0.4) is 0 Å². The van der Waals surface area contributed by atoms with E-state index in [1.807, 2.05) is 38.1 Å². The SMILES string of the molecule is Cc1ccc(C(=O)N2CCOC[C@](O)(COc3ccccc3C)C2)nn1. The third kappa shape index (κ3) is 4.36. The van der Waals surface area contributed by atoms with E-state index < -0.39 is 5.60 Å². The Kier molecular flexibility index (Phi) is 5.49. The number of rotatable bonds is 4. The van der Waals surface area contributed by atoms with Gasteiger partial charge in [0.15, 0.2) is 5.69 Å². The molecule has 26 heavy (non-hydrogen) atoms. The standard InChI is InChI=1S/C19H23N3O4/c1-14-5-3-4-6-17(14)26-13-19(24)11-22(9-10-25-12-19)18(23)16-8-7-15(2)20-21-16/h3-8,24H,9-13H2,1-2H3/t19-/m0/s1. The fourth-order valence-corrected chi connectivity index (χ4v) is 2.78. The van der Waals surface area contributed by atoms with Gasteiger partial charge in [-0.15, -0.1) is 5.10 Å². The second-order valence-corrected chi connectivity index (χ2v) is 6.62. The van der Waals surface area contributed by atoms with Crippen LogP contribution >= 0.6 is 0 Å². The number of amides is 1. The first-order valence-electron chi connectivity index (χ1n) is 8.55. The number of β-amino-alcohol motifs (C(OH)–C–C–N with tert-alkyl or cyclic N) is 1. The smallest absolute Gasteiger partial charge is 0.274 e. The number of aromatic nitrogens is 2. The van der Waals surface area contributed by atoms with Crippen LogP contribution in [-0.4, -0.2) is 64.6 Å². The zero-order valence-corrected chi connectivity index (χ0v) is 15.0. The first-order valence-corrected chi connectivity index (χ1v) is 8.55. The second kappa shape index (κ2) is 7.80. The summed E-state index contributed by atoms with van der Waals surface area (Å²) < 4.78 is 11.3. The van der Waals surface area contributed by atoms with Crippen molar-refractivity contribution in [3.63, 3.8) is 0 Å². The fraction of sp³-hybridized carbons (Fsp3) is 0.421. The van der Waals surface area contributed by atoms with Crippen LogP contribution in [0.25, 0.3) is 0 Å². The van der Waals surface area contributed by atoms with Gasteiger partial charge in [-0.2, -0.15) is 5.10 Å². The number of nitrogens with zero attached hydrogens (tertiary/aromatic N) is 3. The molecule has 1 amide bonds. The normalized spacial score (nSPS) is 20.5. The molecule has 0 radical (unpaired) electrons. The maximum absolute atomic E-state index is 12.7. The lowest BCUT2D eigenvalue weighted by Gasteiger charge is -2.30. The first-order chi connectivity index (χ1) is 12.5. The highest BCUT2D eigenvalue weighted by atomic mass is 16.5. The van der Waals surface area contributed by atoms with E-state index >= 15 is 0 Å². The van der Waals surface area contributed by atoms with Crippen molar-refractivity contribution in [3.8, 4) is 5.75 Å². The Labute approximate surface area is 152 Å². The molecule has 1 saturated heterocycles. The molecule has 0 aliphatic carbocycles. The van der Waals surface area contributed by atoms with E-state index in [2.05, 4.69) is 10.2 Å². The number of aryl methyl sites for hydroxylation is 2. The maximum Gasteiger partial charge on any atom is 0.274 e. The van der Waals surface area contributed by atoms with Gasteiger partial charge in [0.2, 0.25) is 0 Å². The molecule has 0 saturated carbocycles. The van der Waals surface area contributed by atoms with Crippen molar-refractivity contribution in [1.82, 2.24) is 15.1 Å². The van der Waals surface area contributed by atoms with Crippen molar-refractivity contribution in [3.05, 3.63) is 53.3 Å². The Morgan fingerprint density at radius 3 is 2.81 bits per heavy atom. The van der Waals surface area contributed by atoms with Crippen molar-refractivity contribution >= 4 is 5.91 Å². The summed E-state index contributed by atoms with van der Waals surface area (Å²) in [5, 5.41) is 18.8. The Bertz CT molecular complexity index is 766. The van der Waals surface area contributed by atoms with Crippen LogP contribution in [0.4, 0.5) is 0 Å². The van der Waals surface area contributed by atoms with E-state index in [1.165, 1.54) is 4.90 Å². The van der Waals surface area contributed by atoms with E-state index in [0.29, 0.717) is 18.9 Å². The molecule has 2 aromatic rings. The molecule has 1 aromatic heterocycles. The summed E-state index contributed by atoms with van der Waals surface area (Å²) in [5.74, 6) is 0.421. The van der Waals surface area contributed by atoms with Crippen LogP contribution < -0.4 is 4.74 Å². The molecule has 1 atom stereocenters. The van der Waals surface area contributed by atoms with Gasteiger partial charge in [-0.1, -0.05) is 18.2 Å². The van der Waals surface area contributed by atoms with Crippen LogP contribution in [0, 0.1) is 13.8 Å². The minimum atomic E-state index is -1.30. The lowest BCUT2D eigenvalue weighted by Crippen LogP contribution is -2.50. The average molecular weight is 357 g/mol. The van der Waals surface area contributed by atoms with Gasteiger partial charge < -0.3 is 19.5 Å². The molecule has 3 rings (SSSR count). The molecular weight excluding hydrogens is 334 g/mol. The largest absolute Gasteiger partial charge is 0.490 e. The lowest BCUT2D eigenvalue weighted by atomic mass is 10.1. The van der Waals surface area contributed by atoms with Gasteiger partial charge in [0, 0.05) is 6.54 Å². The summed E-state index contributed by atoms with van der Waals surface area (Å²) >= 11 is 0. The molecule has 1 aliphatic rings. The van der Waals surface area contributed by atoms with Crippen LogP contribution in [0.5, 0.6) is 5.75 Å². The summed E-state index contributed by atoms with van der Waals surface area (Å²) in [6, 6.07) is 11.0. The molecule has 7 heteroatoms. The van der Waals surface area contributed by atoms with Crippen molar-refractivity contribution in [2.75, 3.05) is 32.9 Å². The molecule has 1 N–H and O–H groups in total. The number of hydrogen-bond acceptors (Lipinski definition) is 6. The second-order valence-electron chi connectivity index (χ2n) is 6.62. The number of aliphatic hydroxyl groups is 1. The summed E-state index contributed by atoms with van der Waals surface area (Å²) in [5.41, 5.74) is 0.670. The number of carbonyl (C=O) groups is 1. The molecule has 2 heterocycles. The molecular formula is C19H23N3O4. The zero-order valence-electron chi connectivity index (χ0n) is 15.0. The summed E-state index contributed by atoms with van der Waals surface area (Å²) in [4.78, 5) is 14.2. The van der Waals surface area contributed by atoms with Crippen molar-refractivity contribution in [1.29, 1.82) is 0 Å². The predicted octanol–water partition coefficient (Wildman–Crippen LogP) is 1.38. The lowest BCUT2D eigenvalue weighted by molar-refractivity contribution is -0.0622. The quantitative estimate of drug-likeness (QED) is 0.890. The van der Waals surface area contributed by atoms with Gasteiger partial charge in [0.05, 0.1) is 25.5 Å². The van der Waals surface area contributed by atoms with Gasteiger partial charge in [-0.25, -0.2) is 0 Å². The highest BCUT2D eigenvalue weighted by Gasteiger charge is 2.36. The molecule has 0 unspecified atom stereocenters. The highest BCUT2D eigenvalue weighted by Crippen LogP contribution is 2.20. The van der Waals surface area contributed by atoms with E-state index in [9.17, 15) is 9.90 Å². The maximum atomic E-state index is 12.7. The van der Waals surface area contributed by atoms with E-state index in [-0.39, 0.29) is 31.4 Å². The van der Waals surface area contributed by atoms with Crippen molar-refractivity contribution in [2.24, 2.45) is 0 Å². The molecule has 1 aromatic carbocycles. The van der Waals surface area contributed by atoms with Crippen molar-refractivity contribution in [2.45, 2.75) is 19.4 Å². The molecule has 1 aliphatic heterocycles. The van der Waals surface area contributed by atoms with Gasteiger partial charge in [0.1, 0.15) is 18.0 Å². The van der Waals surface area contributed by atoms with Gasteiger partial charge in [-0.05, 0) is 37.6 Å². The Hall–Kier alpha value is -2.51. The number of hydrogen-bond donors (Lipinski definition) is 1. The molecule has 138 valence electrons. The number of para-hydroxylation sites is 1. The summed E-state index contributed by atoms with van der Waals surface area (Å²) in [7, 11) is 0. The minimum Gasteiger partial charge on any atom is -0.490 e. The molecule has 1 fully saturated rings. The van der Waals surface area contributed by atoms with Crippen LogP contribution in [0.15, 0.2) is 36.4 Å². The number of ether oxygens (including phenoxy) is 2. The average Bonchev–Trinajstić information content (AvgIpc) is 2.83. The van der Waals surface area contributed by atoms with Gasteiger partial charge in [0.25, 0.3) is 5.91 Å². The third-order valence-corrected chi connectivity index (χ3v) is 4.26. The summed E-state index contributed by atoms with van der Waals surface area (Å²) in [6.07, 6.45) is 0. The van der Waals surface area contributed by atoms with E-state index in [4.69, 9.17) is 9.47 Å². The molecule has 7 nitrogen and oxygen atoms in total. The monoisotopic (exact) mass is 357 g/mol. The Morgan fingerprint density at radius 2 is 2.08 bits per heavy atom. The number of carbonyl (C=O) groups excluding carboxylic acids is 1. The minimum absolute atomic E-state index is 0.0290. The van der Waals surface area contributed by atoms with Crippen LogP contribution in [-0.2, 0) is 4.74 Å². The summed E-state index contributed by atoms with van der Waals surface area (Å²) in [6.45, 7) is 4.70. The van der Waals surface area contributed by atoms with Gasteiger partial charge in [-0.3, -0.25) is 4.79 Å². The van der Waals surface area contributed by atoms with Crippen molar-refractivity contribution < 1.29 is 19.4 Å². The predicted molar refractivity (Wildman–Crippen MR) is 95.1 cm³/mol.